The number of benzene rings is 1. The van der Waals surface area contributed by atoms with Crippen molar-refractivity contribution in [1.82, 2.24) is 0 Å². The summed E-state index contributed by atoms with van der Waals surface area (Å²) in [6.07, 6.45) is 5.28. The van der Waals surface area contributed by atoms with Crippen molar-refractivity contribution in [3.8, 4) is 5.75 Å². The van der Waals surface area contributed by atoms with Gasteiger partial charge >= 0.3 is 5.97 Å². The molecule has 0 aliphatic heterocycles. The summed E-state index contributed by atoms with van der Waals surface area (Å²) < 4.78 is 5.41. The third-order valence-electron chi connectivity index (χ3n) is 3.38. The van der Waals surface area contributed by atoms with Crippen molar-refractivity contribution in [2.75, 3.05) is 0 Å². The van der Waals surface area contributed by atoms with Crippen LogP contribution in [0.3, 0.4) is 0 Å². The van der Waals surface area contributed by atoms with Crippen LogP contribution in [0.1, 0.15) is 50.2 Å². The zero-order valence-corrected chi connectivity index (χ0v) is 12.3. The highest BCUT2D eigenvalue weighted by atomic mass is 16.5. The summed E-state index contributed by atoms with van der Waals surface area (Å²) in [5.41, 5.74) is 2.70. The first-order chi connectivity index (χ1) is 9.06. The predicted molar refractivity (Wildman–Crippen MR) is 79.5 cm³/mol. The van der Waals surface area contributed by atoms with Gasteiger partial charge in [0, 0.05) is 5.57 Å². The quantitative estimate of drug-likeness (QED) is 0.306. The van der Waals surface area contributed by atoms with Crippen LogP contribution in [0.25, 0.3) is 0 Å². The van der Waals surface area contributed by atoms with E-state index in [1.807, 2.05) is 32.0 Å². The molecule has 0 aliphatic rings. The Balaban J connectivity index is 2.50. The highest BCUT2D eigenvalue weighted by Gasteiger charge is 2.11. The van der Waals surface area contributed by atoms with Crippen LogP contribution in [-0.2, 0) is 4.79 Å². The number of hydrogen-bond acceptors (Lipinski definition) is 2. The number of hydrogen-bond donors (Lipinski definition) is 0. The van der Waals surface area contributed by atoms with E-state index in [0.29, 0.717) is 11.3 Å². The maximum atomic E-state index is 11.9. The van der Waals surface area contributed by atoms with E-state index in [-0.39, 0.29) is 5.97 Å². The van der Waals surface area contributed by atoms with E-state index in [4.69, 9.17) is 4.74 Å². The Kier molecular flexibility index (Phi) is 6.34. The van der Waals surface area contributed by atoms with E-state index < -0.39 is 0 Å². The normalized spacial score (nSPS) is 10.3. The zero-order valence-electron chi connectivity index (χ0n) is 12.3. The van der Waals surface area contributed by atoms with Crippen molar-refractivity contribution in [1.29, 1.82) is 0 Å². The molecule has 0 aliphatic carbocycles. The van der Waals surface area contributed by atoms with Gasteiger partial charge in [-0.3, -0.25) is 0 Å². The number of carbonyl (C=O) groups is 1. The number of carbonyl (C=O) groups excluding carboxylic acids is 1. The van der Waals surface area contributed by atoms with E-state index in [0.717, 1.165) is 30.4 Å². The molecule has 0 unspecified atom stereocenters. The average Bonchev–Trinajstić information content (AvgIpc) is 2.39. The molecule has 0 atom stereocenters. The Bertz CT molecular complexity index is 447. The van der Waals surface area contributed by atoms with Crippen molar-refractivity contribution in [3.63, 3.8) is 0 Å². The largest absolute Gasteiger partial charge is 0.423 e. The van der Waals surface area contributed by atoms with Crippen LogP contribution in [0.4, 0.5) is 0 Å². The molecule has 1 rings (SSSR count). The SMILES string of the molecule is C=C(CCCCCC)C(=O)Oc1cccc(C)c1C. The topological polar surface area (TPSA) is 26.3 Å². The van der Waals surface area contributed by atoms with Gasteiger partial charge in [0.1, 0.15) is 5.75 Å². The van der Waals surface area contributed by atoms with Crippen molar-refractivity contribution in [2.45, 2.75) is 52.9 Å². The van der Waals surface area contributed by atoms with Gasteiger partial charge in [-0.1, -0.05) is 44.9 Å². The highest BCUT2D eigenvalue weighted by molar-refractivity contribution is 5.89. The van der Waals surface area contributed by atoms with Gasteiger partial charge in [0.05, 0.1) is 0 Å². The summed E-state index contributed by atoms with van der Waals surface area (Å²) in [6, 6.07) is 5.73. The van der Waals surface area contributed by atoms with Gasteiger partial charge in [-0.15, -0.1) is 0 Å². The number of esters is 1. The van der Waals surface area contributed by atoms with Crippen molar-refractivity contribution < 1.29 is 9.53 Å². The predicted octanol–water partition coefficient (Wildman–Crippen LogP) is 4.74. The lowest BCUT2D eigenvalue weighted by Crippen LogP contribution is -2.11. The molecule has 0 aromatic heterocycles. The maximum Gasteiger partial charge on any atom is 0.338 e. The van der Waals surface area contributed by atoms with Crippen molar-refractivity contribution in [3.05, 3.63) is 41.5 Å². The molecule has 2 heteroatoms. The molecule has 0 radical (unpaired) electrons. The van der Waals surface area contributed by atoms with Crippen LogP contribution in [0.2, 0.25) is 0 Å². The molecule has 0 fully saturated rings. The van der Waals surface area contributed by atoms with E-state index in [9.17, 15) is 4.79 Å². The molecule has 0 amide bonds. The molecule has 1 aromatic rings. The molecular weight excluding hydrogens is 236 g/mol. The van der Waals surface area contributed by atoms with Crippen molar-refractivity contribution in [2.24, 2.45) is 0 Å². The molecule has 0 N–H and O–H groups in total. The van der Waals surface area contributed by atoms with Crippen LogP contribution in [0, 0.1) is 13.8 Å². The van der Waals surface area contributed by atoms with Crippen LogP contribution in [0.15, 0.2) is 30.4 Å². The van der Waals surface area contributed by atoms with E-state index in [1.165, 1.54) is 12.8 Å². The third kappa shape index (κ3) is 4.90. The Morgan fingerprint density at radius 1 is 1.21 bits per heavy atom. The fourth-order valence-electron chi connectivity index (χ4n) is 1.87. The molecule has 0 spiro atoms. The van der Waals surface area contributed by atoms with Crippen molar-refractivity contribution >= 4 is 5.97 Å². The molecule has 2 nitrogen and oxygen atoms in total. The second-order valence-electron chi connectivity index (χ2n) is 5.00. The highest BCUT2D eigenvalue weighted by Crippen LogP contribution is 2.22. The second-order valence-corrected chi connectivity index (χ2v) is 5.00. The standard InChI is InChI=1S/C17H24O2/c1-5-6-7-8-10-14(3)17(18)19-16-12-9-11-13(2)15(16)4/h9,11-12H,3,5-8,10H2,1-2,4H3. The first kappa shape index (κ1) is 15.5. The second kappa shape index (κ2) is 7.78. The third-order valence-corrected chi connectivity index (χ3v) is 3.38. The smallest absolute Gasteiger partial charge is 0.338 e. The Hall–Kier alpha value is -1.57. The summed E-state index contributed by atoms with van der Waals surface area (Å²) in [5, 5.41) is 0. The summed E-state index contributed by atoms with van der Waals surface area (Å²) in [5.74, 6) is 0.338. The van der Waals surface area contributed by atoms with Gasteiger partial charge in [-0.05, 0) is 43.9 Å². The molecule has 0 saturated carbocycles. The number of unbranched alkanes of at least 4 members (excludes halogenated alkanes) is 3. The van der Waals surface area contributed by atoms with Gasteiger partial charge in [0.25, 0.3) is 0 Å². The lowest BCUT2D eigenvalue weighted by atomic mass is 10.1. The minimum atomic E-state index is -0.301. The van der Waals surface area contributed by atoms with E-state index in [2.05, 4.69) is 13.5 Å². The van der Waals surface area contributed by atoms with Gasteiger partial charge < -0.3 is 4.74 Å². The molecule has 104 valence electrons. The van der Waals surface area contributed by atoms with Crippen LogP contribution in [0.5, 0.6) is 5.75 Å². The Morgan fingerprint density at radius 2 is 1.95 bits per heavy atom. The fraction of sp³-hybridized carbons (Fsp3) is 0.471. The Labute approximate surface area is 116 Å². The van der Waals surface area contributed by atoms with Gasteiger partial charge in [0.15, 0.2) is 0 Å². The fourth-order valence-corrected chi connectivity index (χ4v) is 1.87. The molecule has 0 bridgehead atoms. The molecule has 0 heterocycles. The lowest BCUT2D eigenvalue weighted by Gasteiger charge is -2.10. The number of aryl methyl sites for hydroxylation is 1. The van der Waals surface area contributed by atoms with Crippen LogP contribution >= 0.6 is 0 Å². The van der Waals surface area contributed by atoms with Crippen LogP contribution in [-0.4, -0.2) is 5.97 Å². The number of rotatable bonds is 7. The Morgan fingerprint density at radius 3 is 2.63 bits per heavy atom. The van der Waals surface area contributed by atoms with Gasteiger partial charge in [-0.25, -0.2) is 4.79 Å². The molecular formula is C17H24O2. The molecule has 19 heavy (non-hydrogen) atoms. The van der Waals surface area contributed by atoms with Crippen LogP contribution < -0.4 is 4.74 Å². The average molecular weight is 260 g/mol. The summed E-state index contributed by atoms with van der Waals surface area (Å²) in [4.78, 5) is 11.9. The van der Waals surface area contributed by atoms with Gasteiger partial charge in [0.2, 0.25) is 0 Å². The summed E-state index contributed by atoms with van der Waals surface area (Å²) in [6.45, 7) is 9.96. The monoisotopic (exact) mass is 260 g/mol. The molecule has 0 saturated heterocycles. The minimum absolute atomic E-state index is 0.301. The first-order valence-electron chi connectivity index (χ1n) is 7.02. The van der Waals surface area contributed by atoms with E-state index in [1.54, 1.807) is 0 Å². The molecule has 1 aromatic carbocycles. The number of ether oxygens (including phenoxy) is 1. The first-order valence-corrected chi connectivity index (χ1v) is 7.02. The van der Waals surface area contributed by atoms with Gasteiger partial charge in [-0.2, -0.15) is 0 Å². The minimum Gasteiger partial charge on any atom is -0.423 e. The van der Waals surface area contributed by atoms with E-state index >= 15 is 0 Å². The zero-order chi connectivity index (χ0) is 14.3. The maximum absolute atomic E-state index is 11.9. The summed E-state index contributed by atoms with van der Waals surface area (Å²) in [7, 11) is 0. The summed E-state index contributed by atoms with van der Waals surface area (Å²) >= 11 is 0. The lowest BCUT2D eigenvalue weighted by molar-refractivity contribution is -0.130.